The number of hydrogen-bond donors (Lipinski definition) is 1. The van der Waals surface area contributed by atoms with Crippen molar-refractivity contribution in [1.29, 1.82) is 0 Å². The summed E-state index contributed by atoms with van der Waals surface area (Å²) in [5.41, 5.74) is 4.73. The van der Waals surface area contributed by atoms with Gasteiger partial charge in [0, 0.05) is 13.1 Å². The molecule has 33 heavy (non-hydrogen) atoms. The van der Waals surface area contributed by atoms with Crippen molar-refractivity contribution in [3.8, 4) is 0 Å². The van der Waals surface area contributed by atoms with Crippen molar-refractivity contribution in [1.82, 2.24) is 10.2 Å². The second kappa shape index (κ2) is 11.2. The first-order valence-corrected chi connectivity index (χ1v) is 13.7. The standard InChI is InChI=1S/C26H37N3O3S/c1-5-25(29(33(4,31)32)24-16-20(2)15-21(3)17-24)26(30)27-18-22-11-7-8-12-23(22)19-28-13-9-6-10-14-28/h7-8,11-12,15-17,25H,5-6,9-10,13-14,18-19H2,1-4H3,(H,27,30). The Morgan fingerprint density at radius 3 is 2.21 bits per heavy atom. The van der Waals surface area contributed by atoms with Crippen LogP contribution in [-0.4, -0.2) is 44.6 Å². The molecule has 1 fully saturated rings. The smallest absolute Gasteiger partial charge is 0.244 e. The molecular formula is C26H37N3O3S. The van der Waals surface area contributed by atoms with Gasteiger partial charge in [-0.25, -0.2) is 8.42 Å². The molecule has 2 aromatic carbocycles. The molecule has 7 heteroatoms. The number of nitrogens with zero attached hydrogens (tertiary/aromatic N) is 2. The van der Waals surface area contributed by atoms with Gasteiger partial charge in [-0.15, -0.1) is 0 Å². The van der Waals surface area contributed by atoms with Crippen LogP contribution in [0, 0.1) is 13.8 Å². The lowest BCUT2D eigenvalue weighted by Gasteiger charge is -2.31. The highest BCUT2D eigenvalue weighted by molar-refractivity contribution is 7.92. The molecule has 2 aromatic rings. The molecule has 0 bridgehead atoms. The van der Waals surface area contributed by atoms with E-state index in [2.05, 4.69) is 16.3 Å². The Morgan fingerprint density at radius 1 is 1.03 bits per heavy atom. The fourth-order valence-electron chi connectivity index (χ4n) is 4.68. The van der Waals surface area contributed by atoms with Gasteiger partial charge in [-0.2, -0.15) is 0 Å². The van der Waals surface area contributed by atoms with Crippen molar-refractivity contribution in [3.63, 3.8) is 0 Å². The van der Waals surface area contributed by atoms with Crippen molar-refractivity contribution in [2.75, 3.05) is 23.7 Å². The van der Waals surface area contributed by atoms with Gasteiger partial charge in [-0.1, -0.05) is 43.7 Å². The van der Waals surface area contributed by atoms with Crippen LogP contribution in [0.15, 0.2) is 42.5 Å². The van der Waals surface area contributed by atoms with Gasteiger partial charge in [0.1, 0.15) is 6.04 Å². The molecule has 1 unspecified atom stereocenters. The maximum absolute atomic E-state index is 13.3. The van der Waals surface area contributed by atoms with Crippen LogP contribution in [0.5, 0.6) is 0 Å². The van der Waals surface area contributed by atoms with Gasteiger partial charge in [0.15, 0.2) is 0 Å². The summed E-state index contributed by atoms with van der Waals surface area (Å²) in [5.74, 6) is -0.283. The third kappa shape index (κ3) is 6.81. The Labute approximate surface area is 199 Å². The molecule has 0 aliphatic carbocycles. The third-order valence-electron chi connectivity index (χ3n) is 6.20. The SMILES string of the molecule is CCC(C(=O)NCc1ccccc1CN1CCCCC1)N(c1cc(C)cc(C)c1)S(C)(=O)=O. The Balaban J connectivity index is 1.78. The van der Waals surface area contributed by atoms with Gasteiger partial charge < -0.3 is 5.32 Å². The second-order valence-corrected chi connectivity index (χ2v) is 11.0. The van der Waals surface area contributed by atoms with Crippen LogP contribution in [0.2, 0.25) is 0 Å². The molecule has 0 radical (unpaired) electrons. The quantitative estimate of drug-likeness (QED) is 0.597. The summed E-state index contributed by atoms with van der Waals surface area (Å²) in [7, 11) is -3.65. The topological polar surface area (TPSA) is 69.7 Å². The fraction of sp³-hybridized carbons (Fsp3) is 0.500. The maximum Gasteiger partial charge on any atom is 0.244 e. The number of sulfonamides is 1. The number of amides is 1. The number of hydrogen-bond acceptors (Lipinski definition) is 4. The number of piperidine rings is 1. The zero-order valence-electron chi connectivity index (χ0n) is 20.3. The summed E-state index contributed by atoms with van der Waals surface area (Å²) >= 11 is 0. The first-order chi connectivity index (χ1) is 15.7. The van der Waals surface area contributed by atoms with Crippen molar-refractivity contribution in [3.05, 3.63) is 64.7 Å². The number of anilines is 1. The van der Waals surface area contributed by atoms with Crippen LogP contribution in [0.25, 0.3) is 0 Å². The highest BCUT2D eigenvalue weighted by Gasteiger charge is 2.31. The van der Waals surface area contributed by atoms with Gasteiger partial charge in [-0.05, 0) is 80.6 Å². The monoisotopic (exact) mass is 471 g/mol. The van der Waals surface area contributed by atoms with Gasteiger partial charge in [0.05, 0.1) is 11.9 Å². The Kier molecular flexibility index (Phi) is 8.54. The summed E-state index contributed by atoms with van der Waals surface area (Å²) in [5, 5.41) is 3.02. The number of nitrogens with one attached hydrogen (secondary N) is 1. The zero-order valence-corrected chi connectivity index (χ0v) is 21.1. The van der Waals surface area contributed by atoms with E-state index in [0.717, 1.165) is 42.6 Å². The van der Waals surface area contributed by atoms with Gasteiger partial charge >= 0.3 is 0 Å². The van der Waals surface area contributed by atoms with E-state index >= 15 is 0 Å². The van der Waals surface area contributed by atoms with E-state index in [1.807, 2.05) is 57.2 Å². The van der Waals surface area contributed by atoms with Crippen LogP contribution >= 0.6 is 0 Å². The minimum Gasteiger partial charge on any atom is -0.350 e. The predicted octanol–water partition coefficient (Wildman–Crippen LogP) is 4.15. The zero-order chi connectivity index (χ0) is 24.0. The Bertz CT molecular complexity index is 1040. The van der Waals surface area contributed by atoms with E-state index in [9.17, 15) is 13.2 Å². The molecule has 1 atom stereocenters. The largest absolute Gasteiger partial charge is 0.350 e. The molecule has 180 valence electrons. The number of aryl methyl sites for hydroxylation is 2. The summed E-state index contributed by atoms with van der Waals surface area (Å²) in [6, 6.07) is 13.0. The molecule has 0 spiro atoms. The highest BCUT2D eigenvalue weighted by atomic mass is 32.2. The average Bonchev–Trinajstić information content (AvgIpc) is 2.75. The molecular weight excluding hydrogens is 434 g/mol. The Hall–Kier alpha value is -2.38. The summed E-state index contributed by atoms with van der Waals surface area (Å²) < 4.78 is 26.8. The van der Waals surface area contributed by atoms with Gasteiger partial charge in [0.25, 0.3) is 0 Å². The number of benzene rings is 2. The molecule has 0 saturated carbocycles. The lowest BCUT2D eigenvalue weighted by molar-refractivity contribution is -0.122. The summed E-state index contributed by atoms with van der Waals surface area (Å²) in [6.45, 7) is 9.17. The number of rotatable bonds is 9. The van der Waals surface area contributed by atoms with Crippen molar-refractivity contribution < 1.29 is 13.2 Å². The average molecular weight is 472 g/mol. The molecule has 1 N–H and O–H groups in total. The molecule has 0 aromatic heterocycles. The maximum atomic E-state index is 13.3. The minimum absolute atomic E-state index is 0.283. The second-order valence-electron chi connectivity index (χ2n) is 9.15. The first kappa shape index (κ1) is 25.2. The molecule has 1 amide bonds. The molecule has 1 heterocycles. The summed E-state index contributed by atoms with van der Waals surface area (Å²) in [6.07, 6.45) is 5.30. The summed E-state index contributed by atoms with van der Waals surface area (Å²) in [4.78, 5) is 15.7. The van der Waals surface area contributed by atoms with E-state index in [0.29, 0.717) is 18.7 Å². The van der Waals surface area contributed by atoms with Crippen LogP contribution in [-0.2, 0) is 27.9 Å². The molecule has 3 rings (SSSR count). The first-order valence-electron chi connectivity index (χ1n) is 11.8. The number of likely N-dealkylation sites (tertiary alicyclic amines) is 1. The van der Waals surface area contributed by atoms with E-state index in [-0.39, 0.29) is 5.91 Å². The lowest BCUT2D eigenvalue weighted by Crippen LogP contribution is -2.49. The number of carbonyl (C=O) groups excluding carboxylic acids is 1. The van der Waals surface area contributed by atoms with Gasteiger partial charge in [-0.3, -0.25) is 14.0 Å². The normalized spacial score (nSPS) is 15.8. The van der Waals surface area contributed by atoms with Crippen molar-refractivity contribution in [2.24, 2.45) is 0 Å². The van der Waals surface area contributed by atoms with Crippen molar-refractivity contribution in [2.45, 2.75) is 65.6 Å². The van der Waals surface area contributed by atoms with Crippen LogP contribution in [0.4, 0.5) is 5.69 Å². The third-order valence-corrected chi connectivity index (χ3v) is 7.38. The lowest BCUT2D eigenvalue weighted by atomic mass is 10.0. The van der Waals surface area contributed by atoms with E-state index < -0.39 is 16.1 Å². The van der Waals surface area contributed by atoms with Crippen LogP contribution in [0.3, 0.4) is 0 Å². The van der Waals surface area contributed by atoms with Crippen LogP contribution in [0.1, 0.15) is 54.9 Å². The van der Waals surface area contributed by atoms with Gasteiger partial charge in [0.2, 0.25) is 15.9 Å². The fourth-order valence-corrected chi connectivity index (χ4v) is 5.88. The van der Waals surface area contributed by atoms with E-state index in [1.165, 1.54) is 29.1 Å². The van der Waals surface area contributed by atoms with Crippen molar-refractivity contribution >= 4 is 21.6 Å². The molecule has 1 aliphatic rings. The van der Waals surface area contributed by atoms with E-state index in [4.69, 9.17) is 0 Å². The molecule has 6 nitrogen and oxygen atoms in total. The molecule has 1 aliphatic heterocycles. The number of carbonyl (C=O) groups is 1. The minimum atomic E-state index is -3.65. The Morgan fingerprint density at radius 2 is 1.64 bits per heavy atom. The molecule has 1 saturated heterocycles. The highest BCUT2D eigenvalue weighted by Crippen LogP contribution is 2.25. The van der Waals surface area contributed by atoms with Crippen LogP contribution < -0.4 is 9.62 Å². The van der Waals surface area contributed by atoms with E-state index in [1.54, 1.807) is 0 Å². The predicted molar refractivity (Wildman–Crippen MR) is 135 cm³/mol.